The SMILES string of the molecule is CC(=O)N(CCC(N)C(=O)NCCC(=O)NCCN1C(=O)CC(SCC(N)C(=O)O)C1=O)C(c1nn(-c2cc(F)ccc2F)cc1Cc1ccccc1)C(C)(C)C.O=C(O)C(F)(F)F. The number of likely N-dealkylation sites (tertiary alicyclic amines) is 1. The summed E-state index contributed by atoms with van der Waals surface area (Å²) in [6.07, 6.45) is -3.21. The van der Waals surface area contributed by atoms with Crippen molar-refractivity contribution in [1.29, 1.82) is 0 Å². The second-order valence-corrected chi connectivity index (χ2v) is 16.9. The van der Waals surface area contributed by atoms with Crippen LogP contribution in [0.1, 0.15) is 69.8 Å². The maximum absolute atomic E-state index is 15.0. The summed E-state index contributed by atoms with van der Waals surface area (Å²) in [6.45, 7) is 7.09. The molecular weight excluding hydrogens is 876 g/mol. The van der Waals surface area contributed by atoms with Gasteiger partial charge < -0.3 is 37.2 Å². The van der Waals surface area contributed by atoms with Gasteiger partial charge in [-0.05, 0) is 29.5 Å². The minimum absolute atomic E-state index is 0.0197. The maximum atomic E-state index is 15.0. The zero-order valence-electron chi connectivity index (χ0n) is 35.4. The topological polar surface area (TPSA) is 260 Å². The summed E-state index contributed by atoms with van der Waals surface area (Å²) in [5.41, 5.74) is 13.1. The quantitative estimate of drug-likeness (QED) is 0.0748. The Morgan fingerprint density at radius 1 is 0.969 bits per heavy atom. The first kappa shape index (κ1) is 52.4. The molecule has 23 heteroatoms. The van der Waals surface area contributed by atoms with Crippen molar-refractivity contribution in [1.82, 2.24) is 30.2 Å². The Kier molecular flexibility index (Phi) is 18.9. The molecule has 2 heterocycles. The lowest BCUT2D eigenvalue weighted by molar-refractivity contribution is -0.192. The molecule has 350 valence electrons. The van der Waals surface area contributed by atoms with E-state index in [2.05, 4.69) is 10.6 Å². The van der Waals surface area contributed by atoms with Crippen LogP contribution in [0.3, 0.4) is 0 Å². The Labute approximate surface area is 369 Å². The number of amides is 5. The summed E-state index contributed by atoms with van der Waals surface area (Å²) in [5, 5.41) is 25.3. The van der Waals surface area contributed by atoms with Crippen LogP contribution in [0.25, 0.3) is 5.69 Å². The van der Waals surface area contributed by atoms with Gasteiger partial charge in [0.15, 0.2) is 0 Å². The van der Waals surface area contributed by atoms with Gasteiger partial charge in [-0.15, -0.1) is 11.8 Å². The van der Waals surface area contributed by atoms with Crippen LogP contribution >= 0.6 is 11.8 Å². The maximum Gasteiger partial charge on any atom is 0.490 e. The Balaban J connectivity index is 0.00000143. The van der Waals surface area contributed by atoms with Crippen LogP contribution in [-0.4, -0.2) is 127 Å². The molecule has 4 atom stereocenters. The average Bonchev–Trinajstić information content (AvgIpc) is 3.73. The molecule has 0 aliphatic carbocycles. The van der Waals surface area contributed by atoms with Gasteiger partial charge >= 0.3 is 18.1 Å². The molecule has 4 rings (SSSR count). The van der Waals surface area contributed by atoms with Crippen molar-refractivity contribution in [2.24, 2.45) is 16.9 Å². The van der Waals surface area contributed by atoms with Gasteiger partial charge in [-0.25, -0.2) is 18.3 Å². The number of imide groups is 1. The number of benzene rings is 2. The first-order chi connectivity index (χ1) is 29.8. The average molecular weight is 927 g/mol. The van der Waals surface area contributed by atoms with Crippen LogP contribution in [-0.2, 0) is 40.0 Å². The zero-order chi connectivity index (χ0) is 48.1. The van der Waals surface area contributed by atoms with Gasteiger partial charge in [-0.3, -0.25) is 33.7 Å². The number of aromatic nitrogens is 2. The summed E-state index contributed by atoms with van der Waals surface area (Å²) >= 11 is 1.00. The van der Waals surface area contributed by atoms with Gasteiger partial charge in [0.2, 0.25) is 29.5 Å². The molecule has 0 radical (unpaired) electrons. The van der Waals surface area contributed by atoms with Crippen LogP contribution in [0.4, 0.5) is 22.0 Å². The largest absolute Gasteiger partial charge is 0.490 e. The number of hydrogen-bond acceptors (Lipinski definition) is 11. The molecule has 4 unspecified atom stereocenters. The van der Waals surface area contributed by atoms with Crippen LogP contribution < -0.4 is 22.1 Å². The number of alkyl halides is 3. The third-order valence-corrected chi connectivity index (χ3v) is 10.9. The number of rotatable bonds is 19. The lowest BCUT2D eigenvalue weighted by atomic mass is 9.81. The van der Waals surface area contributed by atoms with E-state index in [0.717, 1.165) is 40.4 Å². The van der Waals surface area contributed by atoms with Crippen LogP contribution in [0.15, 0.2) is 54.7 Å². The van der Waals surface area contributed by atoms with Crippen LogP contribution in [0, 0.1) is 17.0 Å². The van der Waals surface area contributed by atoms with Gasteiger partial charge in [0.25, 0.3) is 0 Å². The number of carboxylic acids is 2. The number of nitrogens with two attached hydrogens (primary N) is 2. The molecule has 17 nitrogen and oxygen atoms in total. The summed E-state index contributed by atoms with van der Waals surface area (Å²) in [5.74, 6) is -7.53. The zero-order valence-corrected chi connectivity index (χ0v) is 36.2. The second-order valence-electron chi connectivity index (χ2n) is 15.7. The monoisotopic (exact) mass is 926 g/mol. The molecule has 0 spiro atoms. The lowest BCUT2D eigenvalue weighted by Gasteiger charge is -2.40. The highest BCUT2D eigenvalue weighted by Crippen LogP contribution is 2.40. The Hall–Kier alpha value is -5.94. The van der Waals surface area contributed by atoms with Gasteiger partial charge in [0.05, 0.1) is 23.0 Å². The van der Waals surface area contributed by atoms with Crippen molar-refractivity contribution in [2.75, 3.05) is 31.9 Å². The fourth-order valence-electron chi connectivity index (χ4n) is 6.43. The number of carboxylic acid groups (broad SMARTS) is 2. The van der Waals surface area contributed by atoms with Crippen LogP contribution in [0.2, 0.25) is 0 Å². The van der Waals surface area contributed by atoms with Gasteiger partial charge in [0.1, 0.15) is 23.4 Å². The minimum Gasteiger partial charge on any atom is -0.480 e. The summed E-state index contributed by atoms with van der Waals surface area (Å²) < 4.78 is 62.2. The Bertz CT molecular complexity index is 2150. The lowest BCUT2D eigenvalue weighted by Crippen LogP contribution is -2.46. The molecule has 1 aliphatic rings. The number of nitrogens with zero attached hydrogens (tertiary/aromatic N) is 4. The van der Waals surface area contributed by atoms with Gasteiger partial charge in [0, 0.05) is 75.9 Å². The number of carbonyl (C=O) groups is 7. The number of thioether (sulfide) groups is 1. The number of carbonyl (C=O) groups excluding carboxylic acids is 5. The predicted octanol–water partition coefficient (Wildman–Crippen LogP) is 2.92. The highest BCUT2D eigenvalue weighted by Gasteiger charge is 2.40. The molecule has 1 fully saturated rings. The molecule has 5 amide bonds. The summed E-state index contributed by atoms with van der Waals surface area (Å²) in [7, 11) is 0. The molecule has 1 saturated heterocycles. The standard InChI is InChI=1S/C39H50F2N8O7S.C2HF3O2/c1-23(50)47(35(39(2,3)4)34-25(18-24-8-6-5-7-9-24)21-49(46-34)30-19-26(40)10-11-27(30)41)16-13-28(42)36(53)45-14-12-32(51)44-15-17-48-33(52)20-31(37(48)54)57-22-29(43)38(55)56;3-2(4,5)1(6)7/h5-11,19,21,28-29,31,35H,12-18,20,22,42-43H2,1-4H3,(H,44,51)(H,45,53)(H,55,56);(H,6,7). The highest BCUT2D eigenvalue weighted by atomic mass is 32.2. The fourth-order valence-corrected chi connectivity index (χ4v) is 7.54. The van der Waals surface area contributed by atoms with E-state index >= 15 is 0 Å². The van der Waals surface area contributed by atoms with E-state index in [4.69, 9.17) is 31.6 Å². The van der Waals surface area contributed by atoms with E-state index in [1.54, 1.807) is 11.1 Å². The van der Waals surface area contributed by atoms with Crippen molar-refractivity contribution >= 4 is 53.2 Å². The molecule has 64 heavy (non-hydrogen) atoms. The van der Waals surface area contributed by atoms with Crippen LogP contribution in [0.5, 0.6) is 0 Å². The molecule has 0 saturated carbocycles. The predicted molar refractivity (Wildman–Crippen MR) is 222 cm³/mol. The van der Waals surface area contributed by atoms with E-state index in [9.17, 15) is 50.7 Å². The Morgan fingerprint density at radius 3 is 2.19 bits per heavy atom. The molecule has 1 aliphatic heterocycles. The number of halogens is 5. The van der Waals surface area contributed by atoms with Crippen molar-refractivity contribution in [2.45, 2.75) is 82.9 Å². The third kappa shape index (κ3) is 15.4. The molecule has 0 bridgehead atoms. The first-order valence-corrected chi connectivity index (χ1v) is 20.8. The van der Waals surface area contributed by atoms with Crippen molar-refractivity contribution < 1.29 is 65.7 Å². The van der Waals surface area contributed by atoms with E-state index in [1.165, 1.54) is 11.6 Å². The van der Waals surface area contributed by atoms with Crippen molar-refractivity contribution in [3.63, 3.8) is 0 Å². The summed E-state index contributed by atoms with van der Waals surface area (Å²) in [6, 6.07) is 9.72. The van der Waals surface area contributed by atoms with E-state index in [-0.39, 0.29) is 62.8 Å². The molecule has 1 aromatic heterocycles. The highest BCUT2D eigenvalue weighted by molar-refractivity contribution is 8.00. The number of hydrogen-bond donors (Lipinski definition) is 6. The molecule has 3 aromatic rings. The fraction of sp³-hybridized carbons (Fsp3) is 0.463. The smallest absolute Gasteiger partial charge is 0.480 e. The first-order valence-electron chi connectivity index (χ1n) is 19.7. The van der Waals surface area contributed by atoms with Gasteiger partial charge in [-0.2, -0.15) is 18.3 Å². The van der Waals surface area contributed by atoms with Gasteiger partial charge in [-0.1, -0.05) is 51.1 Å². The molecule has 2 aromatic carbocycles. The van der Waals surface area contributed by atoms with Crippen molar-refractivity contribution in [3.05, 3.63) is 83.2 Å². The number of aliphatic carboxylic acids is 2. The molecule has 8 N–H and O–H groups in total. The Morgan fingerprint density at radius 2 is 1.61 bits per heavy atom. The second kappa shape index (κ2) is 23.1. The van der Waals surface area contributed by atoms with Crippen molar-refractivity contribution in [3.8, 4) is 5.69 Å². The van der Waals surface area contributed by atoms with E-state index < -0.39 is 82.2 Å². The summed E-state index contributed by atoms with van der Waals surface area (Å²) in [4.78, 5) is 86.1. The van der Waals surface area contributed by atoms with E-state index in [0.29, 0.717) is 17.7 Å². The minimum atomic E-state index is -5.08. The van der Waals surface area contributed by atoms with E-state index in [1.807, 2.05) is 51.1 Å². The normalized spacial score (nSPS) is 15.4. The number of nitrogens with one attached hydrogen (secondary N) is 2. The third-order valence-electron chi connectivity index (χ3n) is 9.58. The molecular formula is C41H51F5N8O9S.